The molecule has 2 rings (SSSR count). The average molecular weight is 177 g/mol. The van der Waals surface area contributed by atoms with Crippen LogP contribution in [0, 0.1) is 0 Å². The van der Waals surface area contributed by atoms with Crippen molar-refractivity contribution in [3.05, 3.63) is 33.2 Å². The summed E-state index contributed by atoms with van der Waals surface area (Å²) >= 11 is 0. The molecule has 70 valence electrons. The first-order chi connectivity index (χ1) is 6.31. The van der Waals surface area contributed by atoms with E-state index < -0.39 is 0 Å². The number of pyridine rings is 1. The first kappa shape index (κ1) is 8.54. The standard InChI is InChI=1S/C11H15NO/c1-2-8-7-9-5-3-4-6-10(9)12-11(8)13/h7H,2-6H2,1H3,(H,12,13). The molecule has 1 aliphatic rings. The van der Waals surface area contributed by atoms with Gasteiger partial charge in [0.25, 0.3) is 5.56 Å². The number of aromatic amines is 1. The molecule has 1 aromatic rings. The molecule has 0 spiro atoms. The summed E-state index contributed by atoms with van der Waals surface area (Å²) in [4.78, 5) is 14.5. The number of fused-ring (bicyclic) bond motifs is 1. The van der Waals surface area contributed by atoms with E-state index >= 15 is 0 Å². The Bertz CT molecular complexity index is 365. The fourth-order valence-electron chi connectivity index (χ4n) is 1.99. The maximum Gasteiger partial charge on any atom is 0.251 e. The molecule has 0 amide bonds. The Morgan fingerprint density at radius 1 is 1.38 bits per heavy atom. The highest BCUT2D eigenvalue weighted by molar-refractivity contribution is 5.27. The second kappa shape index (κ2) is 3.36. The Morgan fingerprint density at radius 2 is 2.15 bits per heavy atom. The summed E-state index contributed by atoms with van der Waals surface area (Å²) in [6.45, 7) is 2.03. The molecule has 1 heterocycles. The second-order valence-electron chi connectivity index (χ2n) is 3.69. The lowest BCUT2D eigenvalue weighted by Crippen LogP contribution is -2.18. The molecular formula is C11H15NO. The van der Waals surface area contributed by atoms with Crippen LogP contribution in [-0.4, -0.2) is 4.98 Å². The molecule has 0 radical (unpaired) electrons. The Labute approximate surface area is 78.0 Å². The van der Waals surface area contributed by atoms with Crippen LogP contribution in [0.15, 0.2) is 10.9 Å². The van der Waals surface area contributed by atoms with E-state index in [4.69, 9.17) is 0 Å². The first-order valence-electron chi connectivity index (χ1n) is 5.05. The van der Waals surface area contributed by atoms with E-state index in [0.29, 0.717) is 0 Å². The maximum atomic E-state index is 11.5. The number of aryl methyl sites for hydroxylation is 3. The molecule has 0 fully saturated rings. The summed E-state index contributed by atoms with van der Waals surface area (Å²) in [6.07, 6.45) is 5.51. The van der Waals surface area contributed by atoms with Crippen LogP contribution in [-0.2, 0) is 19.3 Å². The van der Waals surface area contributed by atoms with Gasteiger partial charge in [0.2, 0.25) is 0 Å². The lowest BCUT2D eigenvalue weighted by Gasteiger charge is -2.15. The first-order valence-corrected chi connectivity index (χ1v) is 5.05. The van der Waals surface area contributed by atoms with Crippen LogP contribution in [0.2, 0.25) is 0 Å². The number of nitrogens with one attached hydrogen (secondary N) is 1. The van der Waals surface area contributed by atoms with Crippen LogP contribution in [0.1, 0.15) is 36.6 Å². The average Bonchev–Trinajstić information content (AvgIpc) is 2.17. The summed E-state index contributed by atoms with van der Waals surface area (Å²) in [5.41, 5.74) is 3.58. The number of hydrogen-bond acceptors (Lipinski definition) is 1. The Balaban J connectivity index is 2.51. The van der Waals surface area contributed by atoms with Gasteiger partial charge in [-0.05, 0) is 43.7 Å². The van der Waals surface area contributed by atoms with Crippen molar-refractivity contribution in [1.82, 2.24) is 4.98 Å². The van der Waals surface area contributed by atoms with E-state index in [1.807, 2.05) is 6.92 Å². The fourth-order valence-corrected chi connectivity index (χ4v) is 1.99. The van der Waals surface area contributed by atoms with Crippen molar-refractivity contribution in [3.8, 4) is 0 Å². The molecule has 0 saturated carbocycles. The molecule has 1 N–H and O–H groups in total. The van der Waals surface area contributed by atoms with Crippen molar-refractivity contribution in [2.24, 2.45) is 0 Å². The van der Waals surface area contributed by atoms with Crippen LogP contribution in [0.5, 0.6) is 0 Å². The van der Waals surface area contributed by atoms with Crippen molar-refractivity contribution in [1.29, 1.82) is 0 Å². The van der Waals surface area contributed by atoms with Gasteiger partial charge in [0.15, 0.2) is 0 Å². The zero-order chi connectivity index (χ0) is 9.26. The van der Waals surface area contributed by atoms with Crippen molar-refractivity contribution in [2.75, 3.05) is 0 Å². The maximum absolute atomic E-state index is 11.5. The van der Waals surface area contributed by atoms with Gasteiger partial charge in [0, 0.05) is 11.3 Å². The third-order valence-corrected chi connectivity index (χ3v) is 2.80. The molecule has 0 saturated heterocycles. The third kappa shape index (κ3) is 1.53. The van der Waals surface area contributed by atoms with Gasteiger partial charge in [-0.2, -0.15) is 0 Å². The SMILES string of the molecule is CCc1cc2c([nH]c1=O)CCCC2. The summed E-state index contributed by atoms with van der Waals surface area (Å²) in [6, 6.07) is 2.09. The highest BCUT2D eigenvalue weighted by Crippen LogP contribution is 2.18. The third-order valence-electron chi connectivity index (χ3n) is 2.80. The van der Waals surface area contributed by atoms with Crippen LogP contribution in [0.3, 0.4) is 0 Å². The summed E-state index contributed by atoms with van der Waals surface area (Å²) in [5, 5.41) is 0. The van der Waals surface area contributed by atoms with E-state index in [-0.39, 0.29) is 5.56 Å². The predicted molar refractivity (Wildman–Crippen MR) is 53.1 cm³/mol. The van der Waals surface area contributed by atoms with E-state index in [9.17, 15) is 4.79 Å². The lowest BCUT2D eigenvalue weighted by molar-refractivity contribution is 0.662. The van der Waals surface area contributed by atoms with Gasteiger partial charge in [-0.3, -0.25) is 4.79 Å². The van der Waals surface area contributed by atoms with E-state index in [0.717, 1.165) is 24.8 Å². The van der Waals surface area contributed by atoms with Gasteiger partial charge >= 0.3 is 0 Å². The van der Waals surface area contributed by atoms with E-state index in [1.165, 1.54) is 24.1 Å². The van der Waals surface area contributed by atoms with Crippen molar-refractivity contribution in [2.45, 2.75) is 39.0 Å². The highest BCUT2D eigenvalue weighted by Gasteiger charge is 2.11. The van der Waals surface area contributed by atoms with Gasteiger partial charge in [0.1, 0.15) is 0 Å². The van der Waals surface area contributed by atoms with Gasteiger partial charge in [-0.1, -0.05) is 6.92 Å². The second-order valence-corrected chi connectivity index (χ2v) is 3.69. The topological polar surface area (TPSA) is 32.9 Å². The van der Waals surface area contributed by atoms with E-state index in [2.05, 4.69) is 11.1 Å². The Kier molecular flexibility index (Phi) is 2.21. The van der Waals surface area contributed by atoms with Gasteiger partial charge in [-0.25, -0.2) is 0 Å². The zero-order valence-corrected chi connectivity index (χ0v) is 8.02. The minimum absolute atomic E-state index is 0.114. The molecular weight excluding hydrogens is 162 g/mol. The van der Waals surface area contributed by atoms with Gasteiger partial charge in [0.05, 0.1) is 0 Å². The fraction of sp³-hybridized carbons (Fsp3) is 0.545. The molecule has 1 aliphatic carbocycles. The van der Waals surface area contributed by atoms with Crippen molar-refractivity contribution < 1.29 is 0 Å². The zero-order valence-electron chi connectivity index (χ0n) is 8.02. The largest absolute Gasteiger partial charge is 0.326 e. The number of rotatable bonds is 1. The smallest absolute Gasteiger partial charge is 0.251 e. The minimum Gasteiger partial charge on any atom is -0.326 e. The molecule has 0 unspecified atom stereocenters. The molecule has 13 heavy (non-hydrogen) atoms. The van der Waals surface area contributed by atoms with Crippen molar-refractivity contribution >= 4 is 0 Å². The van der Waals surface area contributed by atoms with Crippen LogP contribution >= 0.6 is 0 Å². The van der Waals surface area contributed by atoms with Crippen LogP contribution in [0.4, 0.5) is 0 Å². The van der Waals surface area contributed by atoms with Crippen LogP contribution < -0.4 is 5.56 Å². The van der Waals surface area contributed by atoms with Gasteiger partial charge in [-0.15, -0.1) is 0 Å². The molecule has 0 aromatic carbocycles. The minimum atomic E-state index is 0.114. The molecule has 1 aromatic heterocycles. The number of H-pyrrole nitrogens is 1. The molecule has 0 bridgehead atoms. The number of aromatic nitrogens is 1. The number of hydrogen-bond donors (Lipinski definition) is 1. The Morgan fingerprint density at radius 3 is 2.92 bits per heavy atom. The molecule has 2 heteroatoms. The molecule has 0 atom stereocenters. The molecule has 2 nitrogen and oxygen atoms in total. The van der Waals surface area contributed by atoms with Gasteiger partial charge < -0.3 is 4.98 Å². The summed E-state index contributed by atoms with van der Waals surface area (Å²) in [5.74, 6) is 0. The van der Waals surface area contributed by atoms with Crippen LogP contribution in [0.25, 0.3) is 0 Å². The monoisotopic (exact) mass is 177 g/mol. The normalized spacial score (nSPS) is 15.5. The predicted octanol–water partition coefficient (Wildman–Crippen LogP) is 1.82. The van der Waals surface area contributed by atoms with Crippen molar-refractivity contribution in [3.63, 3.8) is 0 Å². The van der Waals surface area contributed by atoms with E-state index in [1.54, 1.807) is 0 Å². The highest BCUT2D eigenvalue weighted by atomic mass is 16.1. The summed E-state index contributed by atoms with van der Waals surface area (Å²) in [7, 11) is 0. The Hall–Kier alpha value is -1.05. The quantitative estimate of drug-likeness (QED) is 0.697. The molecule has 0 aliphatic heterocycles. The summed E-state index contributed by atoms with van der Waals surface area (Å²) < 4.78 is 0. The lowest BCUT2D eigenvalue weighted by atomic mass is 9.95.